The van der Waals surface area contributed by atoms with Crippen molar-refractivity contribution >= 4 is 17.5 Å². The fourth-order valence-corrected chi connectivity index (χ4v) is 2.55. The molecule has 0 fully saturated rings. The van der Waals surface area contributed by atoms with Crippen LogP contribution in [0.15, 0.2) is 60.7 Å². The number of aliphatic hydroxyl groups excluding tert-OH is 1. The van der Waals surface area contributed by atoms with Crippen LogP contribution in [0.4, 0.5) is 30.6 Å². The summed E-state index contributed by atoms with van der Waals surface area (Å²) in [5.74, 6) is 0.403. The summed E-state index contributed by atoms with van der Waals surface area (Å²) in [5.41, 5.74) is 1.88. The number of hydrogen-bond acceptors (Lipinski definition) is 6. The van der Waals surface area contributed by atoms with E-state index in [0.29, 0.717) is 36.1 Å². The quantitative estimate of drug-likeness (QED) is 0.477. The van der Waals surface area contributed by atoms with Crippen LogP contribution in [0.5, 0.6) is 5.75 Å². The van der Waals surface area contributed by atoms with E-state index in [1.54, 1.807) is 12.1 Å². The van der Waals surface area contributed by atoms with E-state index in [2.05, 4.69) is 25.3 Å². The molecule has 0 aliphatic carbocycles. The van der Waals surface area contributed by atoms with Gasteiger partial charge >= 0.3 is 6.36 Å². The second-order valence-corrected chi connectivity index (χ2v) is 6.03. The zero-order valence-electron chi connectivity index (χ0n) is 15.3. The number of hydrogen-bond donors (Lipinski definition) is 3. The van der Waals surface area contributed by atoms with E-state index in [-0.39, 0.29) is 12.4 Å². The minimum Gasteiger partial charge on any atom is -0.406 e. The van der Waals surface area contributed by atoms with Gasteiger partial charge in [-0.1, -0.05) is 36.4 Å². The van der Waals surface area contributed by atoms with Gasteiger partial charge in [0.2, 0.25) is 5.95 Å². The Morgan fingerprint density at radius 3 is 2.48 bits per heavy atom. The Morgan fingerprint density at radius 2 is 1.76 bits per heavy atom. The van der Waals surface area contributed by atoms with Crippen LogP contribution in [0.2, 0.25) is 0 Å². The summed E-state index contributed by atoms with van der Waals surface area (Å²) in [6.07, 6.45) is -4.24. The number of anilines is 3. The van der Waals surface area contributed by atoms with Crippen molar-refractivity contribution in [2.24, 2.45) is 0 Å². The number of halogens is 3. The van der Waals surface area contributed by atoms with Crippen LogP contribution in [-0.2, 0) is 0 Å². The summed E-state index contributed by atoms with van der Waals surface area (Å²) < 4.78 is 41.3. The molecule has 3 aromatic rings. The van der Waals surface area contributed by atoms with Crippen molar-refractivity contribution < 1.29 is 23.0 Å². The first-order valence-electron chi connectivity index (χ1n) is 8.85. The summed E-state index contributed by atoms with van der Waals surface area (Å²) in [5, 5.41) is 15.0. The number of benzene rings is 2. The summed E-state index contributed by atoms with van der Waals surface area (Å²) in [7, 11) is 0. The molecule has 3 N–H and O–H groups in total. The summed E-state index contributed by atoms with van der Waals surface area (Å²) in [6.45, 7) is 0.506. The maximum Gasteiger partial charge on any atom is 0.573 e. The van der Waals surface area contributed by atoms with Crippen molar-refractivity contribution in [1.82, 2.24) is 9.97 Å². The predicted molar refractivity (Wildman–Crippen MR) is 104 cm³/mol. The molecule has 3 rings (SSSR count). The van der Waals surface area contributed by atoms with Crippen molar-refractivity contribution in [3.8, 4) is 17.0 Å². The van der Waals surface area contributed by atoms with Crippen LogP contribution in [0.3, 0.4) is 0 Å². The normalized spacial score (nSPS) is 11.2. The van der Waals surface area contributed by atoms with E-state index in [9.17, 15) is 13.2 Å². The summed E-state index contributed by atoms with van der Waals surface area (Å²) in [6, 6.07) is 16.6. The monoisotopic (exact) mass is 404 g/mol. The Kier molecular flexibility index (Phi) is 6.50. The Bertz CT molecular complexity index is 937. The molecule has 0 radical (unpaired) electrons. The second-order valence-electron chi connectivity index (χ2n) is 6.03. The predicted octanol–water partition coefficient (Wildman–Crippen LogP) is 4.58. The van der Waals surface area contributed by atoms with Crippen LogP contribution < -0.4 is 15.4 Å². The maximum absolute atomic E-state index is 12.5. The number of nitrogens with one attached hydrogen (secondary N) is 2. The van der Waals surface area contributed by atoms with Crippen LogP contribution in [0, 0.1) is 0 Å². The number of aromatic nitrogens is 2. The van der Waals surface area contributed by atoms with Gasteiger partial charge in [-0.2, -0.15) is 4.98 Å². The third-order valence-corrected chi connectivity index (χ3v) is 3.75. The van der Waals surface area contributed by atoms with Crippen molar-refractivity contribution in [3.63, 3.8) is 0 Å². The van der Waals surface area contributed by atoms with Crippen molar-refractivity contribution in [2.75, 3.05) is 23.8 Å². The third kappa shape index (κ3) is 6.35. The van der Waals surface area contributed by atoms with E-state index in [0.717, 1.165) is 5.56 Å². The topological polar surface area (TPSA) is 79.3 Å². The van der Waals surface area contributed by atoms with Gasteiger partial charge in [-0.05, 0) is 18.6 Å². The average Bonchev–Trinajstić information content (AvgIpc) is 2.68. The van der Waals surface area contributed by atoms with Gasteiger partial charge < -0.3 is 20.5 Å². The van der Waals surface area contributed by atoms with Gasteiger partial charge in [0.1, 0.15) is 11.6 Å². The molecule has 0 aliphatic rings. The molecule has 0 spiro atoms. The largest absolute Gasteiger partial charge is 0.573 e. The molecule has 152 valence electrons. The maximum atomic E-state index is 12.5. The van der Waals surface area contributed by atoms with Crippen molar-refractivity contribution in [3.05, 3.63) is 60.7 Å². The number of alkyl halides is 3. The zero-order chi connectivity index (χ0) is 20.7. The number of rotatable bonds is 8. The lowest BCUT2D eigenvalue weighted by Gasteiger charge is -2.13. The third-order valence-electron chi connectivity index (χ3n) is 3.75. The molecular formula is C20H19F3N4O2. The molecule has 0 aliphatic heterocycles. The number of ether oxygens (including phenoxy) is 1. The highest BCUT2D eigenvalue weighted by Crippen LogP contribution is 2.28. The first-order chi connectivity index (χ1) is 13.9. The Morgan fingerprint density at radius 1 is 0.966 bits per heavy atom. The first kappa shape index (κ1) is 20.4. The minimum absolute atomic E-state index is 0.0302. The molecule has 6 nitrogen and oxygen atoms in total. The average molecular weight is 404 g/mol. The van der Waals surface area contributed by atoms with Crippen LogP contribution in [0.1, 0.15) is 6.42 Å². The lowest BCUT2D eigenvalue weighted by Crippen LogP contribution is -2.17. The summed E-state index contributed by atoms with van der Waals surface area (Å²) >= 11 is 0. The van der Waals surface area contributed by atoms with Crippen molar-refractivity contribution in [2.45, 2.75) is 12.8 Å². The lowest BCUT2D eigenvalue weighted by atomic mass is 10.1. The Labute approximate surface area is 165 Å². The minimum atomic E-state index is -4.77. The zero-order valence-corrected chi connectivity index (χ0v) is 15.3. The molecule has 0 saturated carbocycles. The Hall–Kier alpha value is -3.33. The van der Waals surface area contributed by atoms with Crippen molar-refractivity contribution in [1.29, 1.82) is 0 Å². The van der Waals surface area contributed by atoms with Gasteiger partial charge in [-0.15, -0.1) is 13.2 Å². The smallest absolute Gasteiger partial charge is 0.406 e. The highest BCUT2D eigenvalue weighted by atomic mass is 19.4. The van der Waals surface area contributed by atoms with Gasteiger partial charge in [0.05, 0.1) is 5.69 Å². The Balaban J connectivity index is 1.87. The SMILES string of the molecule is OCCCNc1nc(Nc2cccc(OC(F)(F)F)c2)cc(-c2ccccc2)n1. The molecule has 0 saturated heterocycles. The first-order valence-corrected chi connectivity index (χ1v) is 8.85. The fourth-order valence-electron chi connectivity index (χ4n) is 2.55. The molecule has 0 atom stereocenters. The standard InChI is InChI=1S/C20H19F3N4O2/c21-20(22,23)29-16-9-4-8-15(12-16)25-18-13-17(14-6-2-1-3-7-14)26-19(27-18)24-10-5-11-28/h1-4,6-9,12-13,28H,5,10-11H2,(H2,24,25,26,27). The highest BCUT2D eigenvalue weighted by Gasteiger charge is 2.31. The number of aliphatic hydroxyl groups is 1. The lowest BCUT2D eigenvalue weighted by molar-refractivity contribution is -0.274. The van der Waals surface area contributed by atoms with Gasteiger partial charge in [0.15, 0.2) is 0 Å². The second kappa shape index (κ2) is 9.24. The molecule has 0 amide bonds. The molecule has 2 aromatic carbocycles. The van der Waals surface area contributed by atoms with E-state index in [4.69, 9.17) is 5.11 Å². The molecule has 29 heavy (non-hydrogen) atoms. The van der Waals surface area contributed by atoms with E-state index in [1.165, 1.54) is 18.2 Å². The molecular weight excluding hydrogens is 385 g/mol. The fraction of sp³-hybridized carbons (Fsp3) is 0.200. The van der Waals surface area contributed by atoms with Gasteiger partial charge in [-0.3, -0.25) is 0 Å². The highest BCUT2D eigenvalue weighted by molar-refractivity contribution is 5.67. The van der Waals surface area contributed by atoms with Gasteiger partial charge in [0, 0.05) is 36.5 Å². The van der Waals surface area contributed by atoms with Crippen LogP contribution in [-0.4, -0.2) is 34.6 Å². The summed E-state index contributed by atoms with van der Waals surface area (Å²) in [4.78, 5) is 8.82. The molecule has 1 heterocycles. The van der Waals surface area contributed by atoms with E-state index in [1.807, 2.05) is 30.3 Å². The molecule has 9 heteroatoms. The van der Waals surface area contributed by atoms with Gasteiger partial charge in [0.25, 0.3) is 0 Å². The van der Waals surface area contributed by atoms with E-state index < -0.39 is 6.36 Å². The molecule has 0 unspecified atom stereocenters. The number of nitrogens with zero attached hydrogens (tertiary/aromatic N) is 2. The van der Waals surface area contributed by atoms with Gasteiger partial charge in [-0.25, -0.2) is 4.98 Å². The molecule has 0 bridgehead atoms. The van der Waals surface area contributed by atoms with Crippen LogP contribution >= 0.6 is 0 Å². The van der Waals surface area contributed by atoms with Crippen LogP contribution in [0.25, 0.3) is 11.3 Å². The van der Waals surface area contributed by atoms with E-state index >= 15 is 0 Å². The molecule has 1 aromatic heterocycles.